The maximum absolute atomic E-state index is 12.9. The van der Waals surface area contributed by atoms with Crippen molar-refractivity contribution in [2.75, 3.05) is 13.2 Å². The van der Waals surface area contributed by atoms with Gasteiger partial charge in [0, 0.05) is 25.4 Å². The van der Waals surface area contributed by atoms with Gasteiger partial charge in [-0.05, 0) is 62.1 Å². The van der Waals surface area contributed by atoms with Gasteiger partial charge in [-0.2, -0.15) is 0 Å². The molecule has 0 spiro atoms. The van der Waals surface area contributed by atoms with E-state index in [-0.39, 0.29) is 23.3 Å². The molecular formula is C24H26FN3O3. The normalized spacial score (nSPS) is 13.3. The van der Waals surface area contributed by atoms with Gasteiger partial charge in [0.15, 0.2) is 0 Å². The number of benzene rings is 2. The van der Waals surface area contributed by atoms with Crippen LogP contribution < -0.4 is 15.6 Å². The van der Waals surface area contributed by atoms with Crippen LogP contribution in [0.2, 0.25) is 0 Å². The first-order valence-corrected chi connectivity index (χ1v) is 10.8. The van der Waals surface area contributed by atoms with E-state index in [1.54, 1.807) is 22.8 Å². The molecule has 1 amide bonds. The molecule has 0 saturated heterocycles. The summed E-state index contributed by atoms with van der Waals surface area (Å²) in [6.07, 6.45) is 4.27. The van der Waals surface area contributed by atoms with Crippen LogP contribution >= 0.6 is 0 Å². The highest BCUT2D eigenvalue weighted by Gasteiger charge is 2.28. The van der Waals surface area contributed by atoms with E-state index in [2.05, 4.69) is 10.3 Å². The Morgan fingerprint density at radius 2 is 1.90 bits per heavy atom. The number of unbranched alkanes of at least 4 members (excludes halogenated alkanes) is 1. The van der Waals surface area contributed by atoms with Crippen molar-refractivity contribution in [1.29, 1.82) is 0 Å². The molecule has 31 heavy (non-hydrogen) atoms. The quantitative estimate of drug-likeness (QED) is 0.504. The van der Waals surface area contributed by atoms with Crippen molar-refractivity contribution in [3.8, 4) is 5.75 Å². The summed E-state index contributed by atoms with van der Waals surface area (Å²) in [5, 5.41) is 3.55. The zero-order valence-corrected chi connectivity index (χ0v) is 17.4. The molecule has 0 atom stereocenters. The van der Waals surface area contributed by atoms with Gasteiger partial charge in [0.25, 0.3) is 5.56 Å². The zero-order valence-electron chi connectivity index (χ0n) is 17.4. The smallest absolute Gasteiger partial charge is 0.261 e. The van der Waals surface area contributed by atoms with E-state index in [0.29, 0.717) is 48.5 Å². The Morgan fingerprint density at radius 1 is 1.13 bits per heavy atom. The summed E-state index contributed by atoms with van der Waals surface area (Å²) in [5.41, 5.74) is 0.672. The number of fused-ring (bicyclic) bond motifs is 1. The number of carbonyl (C=O) groups excluding carboxylic acids is 1. The Morgan fingerprint density at radius 3 is 2.68 bits per heavy atom. The monoisotopic (exact) mass is 423 g/mol. The van der Waals surface area contributed by atoms with Crippen molar-refractivity contribution < 1.29 is 13.9 Å². The van der Waals surface area contributed by atoms with E-state index in [0.717, 1.165) is 25.7 Å². The molecule has 162 valence electrons. The Balaban J connectivity index is 1.23. The van der Waals surface area contributed by atoms with Crippen LogP contribution in [0.5, 0.6) is 5.75 Å². The lowest BCUT2D eigenvalue weighted by Gasteiger charge is -2.13. The number of hydrogen-bond acceptors (Lipinski definition) is 4. The number of halogens is 1. The van der Waals surface area contributed by atoms with Crippen molar-refractivity contribution in [3.05, 3.63) is 70.5 Å². The van der Waals surface area contributed by atoms with Gasteiger partial charge in [-0.3, -0.25) is 14.2 Å². The van der Waals surface area contributed by atoms with Gasteiger partial charge in [0.1, 0.15) is 17.4 Å². The topological polar surface area (TPSA) is 73.2 Å². The van der Waals surface area contributed by atoms with Crippen LogP contribution in [0.3, 0.4) is 0 Å². The molecule has 0 aliphatic heterocycles. The minimum Gasteiger partial charge on any atom is -0.494 e. The predicted molar refractivity (Wildman–Crippen MR) is 117 cm³/mol. The van der Waals surface area contributed by atoms with Crippen molar-refractivity contribution in [2.45, 2.75) is 44.6 Å². The molecule has 0 unspecified atom stereocenters. The van der Waals surface area contributed by atoms with Crippen LogP contribution in [0.1, 0.15) is 44.0 Å². The third-order valence-corrected chi connectivity index (χ3v) is 5.34. The maximum atomic E-state index is 12.9. The van der Waals surface area contributed by atoms with Crippen LogP contribution in [0.4, 0.5) is 4.39 Å². The van der Waals surface area contributed by atoms with Gasteiger partial charge in [0.05, 0.1) is 17.5 Å². The second-order valence-corrected chi connectivity index (χ2v) is 7.81. The van der Waals surface area contributed by atoms with Crippen LogP contribution in [0.15, 0.2) is 53.3 Å². The molecule has 0 bridgehead atoms. The molecule has 1 heterocycles. The second kappa shape index (κ2) is 9.73. The first-order chi connectivity index (χ1) is 15.1. The number of nitrogens with one attached hydrogen (secondary N) is 1. The molecule has 1 saturated carbocycles. The fraction of sp³-hybridized carbons (Fsp3) is 0.375. The standard InChI is InChI=1S/C24H26FN3O3/c25-17-7-11-19(12-8-17)31-16-4-3-15-26-23(29)14-13-22-27-21-6-2-1-5-20(21)24(30)28(22)18-9-10-18/h1-2,5-8,11-12,18H,3-4,9-10,13-16H2,(H,26,29). The number of rotatable bonds is 10. The third-order valence-electron chi connectivity index (χ3n) is 5.34. The molecule has 3 aromatic rings. The summed E-state index contributed by atoms with van der Waals surface area (Å²) in [6, 6.07) is 13.5. The number of aromatic nitrogens is 2. The summed E-state index contributed by atoms with van der Waals surface area (Å²) in [6.45, 7) is 1.07. The highest BCUT2D eigenvalue weighted by molar-refractivity contribution is 5.78. The van der Waals surface area contributed by atoms with Crippen LogP contribution in [0, 0.1) is 5.82 Å². The average molecular weight is 423 g/mol. The largest absolute Gasteiger partial charge is 0.494 e. The van der Waals surface area contributed by atoms with Crippen molar-refractivity contribution in [3.63, 3.8) is 0 Å². The first-order valence-electron chi connectivity index (χ1n) is 10.8. The van der Waals surface area contributed by atoms with Crippen molar-refractivity contribution in [1.82, 2.24) is 14.9 Å². The third kappa shape index (κ3) is 5.48. The van der Waals surface area contributed by atoms with Gasteiger partial charge in [-0.25, -0.2) is 9.37 Å². The number of hydrogen-bond donors (Lipinski definition) is 1. The number of para-hydroxylation sites is 1. The molecule has 7 heteroatoms. The Kier molecular flexibility index (Phi) is 6.60. The highest BCUT2D eigenvalue weighted by Crippen LogP contribution is 2.34. The minimum absolute atomic E-state index is 0.00957. The molecule has 2 aromatic carbocycles. The second-order valence-electron chi connectivity index (χ2n) is 7.81. The van der Waals surface area contributed by atoms with Crippen LogP contribution in [-0.4, -0.2) is 28.6 Å². The number of amides is 1. The Labute approximate surface area is 180 Å². The van der Waals surface area contributed by atoms with E-state index in [4.69, 9.17) is 4.74 Å². The van der Waals surface area contributed by atoms with E-state index in [1.807, 2.05) is 18.2 Å². The molecular weight excluding hydrogens is 397 g/mol. The molecule has 0 radical (unpaired) electrons. The van der Waals surface area contributed by atoms with E-state index in [9.17, 15) is 14.0 Å². The lowest BCUT2D eigenvalue weighted by molar-refractivity contribution is -0.121. The van der Waals surface area contributed by atoms with Crippen molar-refractivity contribution >= 4 is 16.8 Å². The van der Waals surface area contributed by atoms with Gasteiger partial charge in [-0.1, -0.05) is 12.1 Å². The number of ether oxygens (including phenoxy) is 1. The average Bonchev–Trinajstić information content (AvgIpc) is 3.61. The lowest BCUT2D eigenvalue weighted by atomic mass is 10.2. The first kappa shape index (κ1) is 21.0. The van der Waals surface area contributed by atoms with E-state index < -0.39 is 0 Å². The zero-order chi connectivity index (χ0) is 21.6. The molecule has 6 nitrogen and oxygen atoms in total. The molecule has 1 fully saturated rings. The number of carbonyl (C=O) groups is 1. The van der Waals surface area contributed by atoms with Gasteiger partial charge in [-0.15, -0.1) is 0 Å². The summed E-state index contributed by atoms with van der Waals surface area (Å²) in [4.78, 5) is 29.8. The minimum atomic E-state index is -0.289. The number of aryl methyl sites for hydroxylation is 1. The summed E-state index contributed by atoms with van der Waals surface area (Å²) >= 11 is 0. The molecule has 1 aliphatic carbocycles. The van der Waals surface area contributed by atoms with E-state index >= 15 is 0 Å². The Hall–Kier alpha value is -3.22. The summed E-state index contributed by atoms with van der Waals surface area (Å²) in [5.74, 6) is 0.983. The predicted octanol–water partition coefficient (Wildman–Crippen LogP) is 3.78. The van der Waals surface area contributed by atoms with Gasteiger partial charge < -0.3 is 10.1 Å². The van der Waals surface area contributed by atoms with Gasteiger partial charge in [0.2, 0.25) is 5.91 Å². The van der Waals surface area contributed by atoms with E-state index in [1.165, 1.54) is 12.1 Å². The summed E-state index contributed by atoms with van der Waals surface area (Å²) < 4.78 is 20.2. The lowest BCUT2D eigenvalue weighted by Crippen LogP contribution is -2.28. The fourth-order valence-electron chi connectivity index (χ4n) is 3.57. The Bertz CT molecular complexity index is 1110. The maximum Gasteiger partial charge on any atom is 0.261 e. The van der Waals surface area contributed by atoms with Crippen molar-refractivity contribution in [2.24, 2.45) is 0 Å². The van der Waals surface area contributed by atoms with Crippen LogP contribution in [0.25, 0.3) is 10.9 Å². The molecule has 1 aromatic heterocycles. The van der Waals surface area contributed by atoms with Gasteiger partial charge >= 0.3 is 0 Å². The molecule has 4 rings (SSSR count). The molecule has 1 N–H and O–H groups in total. The SMILES string of the molecule is O=C(CCc1nc2ccccc2c(=O)n1C1CC1)NCCCCOc1ccc(F)cc1. The number of nitrogens with zero attached hydrogens (tertiary/aromatic N) is 2. The molecule has 1 aliphatic rings. The fourth-order valence-corrected chi connectivity index (χ4v) is 3.57. The van der Waals surface area contributed by atoms with Crippen LogP contribution in [-0.2, 0) is 11.2 Å². The highest BCUT2D eigenvalue weighted by atomic mass is 19.1. The summed E-state index contributed by atoms with van der Waals surface area (Å²) in [7, 11) is 0.